The first kappa shape index (κ1) is 25.5. The Balaban J connectivity index is 2.25. The summed E-state index contributed by atoms with van der Waals surface area (Å²) in [6.45, 7) is 5.12. The van der Waals surface area contributed by atoms with Gasteiger partial charge in [-0.05, 0) is 37.6 Å². The van der Waals surface area contributed by atoms with Crippen molar-refractivity contribution in [2.75, 3.05) is 0 Å². The highest BCUT2D eigenvalue weighted by molar-refractivity contribution is 9.10. The van der Waals surface area contributed by atoms with E-state index in [0.29, 0.717) is 32.1 Å². The van der Waals surface area contributed by atoms with Gasteiger partial charge in [-0.3, -0.25) is 14.9 Å². The molecule has 178 valence electrons. The fourth-order valence-corrected chi connectivity index (χ4v) is 3.91. The summed E-state index contributed by atoms with van der Waals surface area (Å²) in [5.41, 5.74) is -0.222. The highest BCUT2D eigenvalue weighted by atomic mass is 79.9. The maximum absolute atomic E-state index is 13.3. The summed E-state index contributed by atoms with van der Waals surface area (Å²) in [6.07, 6.45) is 0.558. The van der Waals surface area contributed by atoms with Crippen molar-refractivity contribution in [3.8, 4) is 5.75 Å². The van der Waals surface area contributed by atoms with Crippen LogP contribution >= 0.6 is 31.9 Å². The number of carbonyl (C=O) groups is 1. The van der Waals surface area contributed by atoms with E-state index in [1.807, 2.05) is 13.8 Å². The minimum atomic E-state index is -1.36. The Bertz CT molecular complexity index is 1370. The maximum atomic E-state index is 13.3. The molecule has 12 heteroatoms. The molecule has 0 bridgehead atoms. The molecule has 2 aromatic carbocycles. The quantitative estimate of drug-likeness (QED) is 0.218. The van der Waals surface area contributed by atoms with E-state index in [1.54, 1.807) is 18.2 Å². The molecule has 1 aromatic heterocycles. The van der Waals surface area contributed by atoms with Crippen molar-refractivity contribution in [2.45, 2.75) is 39.2 Å². The fraction of sp³-hybridized carbons (Fsp3) is 0.273. The number of halogens is 2. The summed E-state index contributed by atoms with van der Waals surface area (Å²) in [4.78, 5) is 40.1. The van der Waals surface area contributed by atoms with Crippen LogP contribution in [0.25, 0.3) is 10.9 Å². The zero-order valence-electron chi connectivity index (χ0n) is 18.4. The number of carboxylic acid groups (broad SMARTS) is 1. The van der Waals surface area contributed by atoms with Crippen LogP contribution in [0.2, 0.25) is 0 Å². The summed E-state index contributed by atoms with van der Waals surface area (Å²) in [5.74, 6) is -1.26. The van der Waals surface area contributed by atoms with E-state index in [1.165, 1.54) is 25.3 Å². The second kappa shape index (κ2) is 10.4. The second-order valence-corrected chi connectivity index (χ2v) is 9.33. The molecule has 2 atom stereocenters. The maximum Gasteiger partial charge on any atom is 0.344 e. The molecule has 10 nitrogen and oxygen atoms in total. The Morgan fingerprint density at radius 2 is 2.00 bits per heavy atom. The number of hydrogen-bond acceptors (Lipinski definition) is 7. The van der Waals surface area contributed by atoms with E-state index in [2.05, 4.69) is 41.9 Å². The van der Waals surface area contributed by atoms with Crippen molar-refractivity contribution in [3.63, 3.8) is 0 Å². The van der Waals surface area contributed by atoms with Crippen LogP contribution in [0.5, 0.6) is 5.75 Å². The van der Waals surface area contributed by atoms with Crippen LogP contribution in [0.4, 0.5) is 5.69 Å². The van der Waals surface area contributed by atoms with Crippen LogP contribution in [0.3, 0.4) is 0 Å². The van der Waals surface area contributed by atoms with Gasteiger partial charge in [-0.2, -0.15) is 9.78 Å². The zero-order chi connectivity index (χ0) is 25.2. The van der Waals surface area contributed by atoms with Gasteiger partial charge in [-0.1, -0.05) is 45.7 Å². The Hall–Kier alpha value is -3.12. The van der Waals surface area contributed by atoms with E-state index < -0.39 is 28.2 Å². The van der Waals surface area contributed by atoms with Gasteiger partial charge in [0, 0.05) is 26.5 Å². The summed E-state index contributed by atoms with van der Waals surface area (Å²) in [5, 5.41) is 25.5. The van der Waals surface area contributed by atoms with Crippen LogP contribution < -0.4 is 10.3 Å². The van der Waals surface area contributed by atoms with Crippen LogP contribution in [0.1, 0.15) is 44.5 Å². The number of nitro benzene ring substituents is 1. The largest absolute Gasteiger partial charge is 0.479 e. The average molecular weight is 596 g/mol. The number of carboxylic acids is 1. The zero-order valence-corrected chi connectivity index (χ0v) is 21.5. The first-order chi connectivity index (χ1) is 16.0. The molecular formula is C22H20Br2N4O6. The third-order valence-electron chi connectivity index (χ3n) is 5.10. The van der Waals surface area contributed by atoms with E-state index in [4.69, 9.17) is 4.74 Å². The predicted molar refractivity (Wildman–Crippen MR) is 134 cm³/mol. The number of benzene rings is 2. The average Bonchev–Trinajstić information content (AvgIpc) is 2.78. The number of nitrogens with zero attached hydrogens (tertiary/aromatic N) is 4. The topological polar surface area (TPSA) is 137 Å². The minimum absolute atomic E-state index is 0.113. The Morgan fingerprint density at radius 1 is 1.29 bits per heavy atom. The van der Waals surface area contributed by atoms with Gasteiger partial charge in [0.05, 0.1) is 22.0 Å². The van der Waals surface area contributed by atoms with Crippen LogP contribution in [-0.4, -0.2) is 38.0 Å². The molecular weight excluding hydrogens is 576 g/mol. The highest BCUT2D eigenvalue weighted by Gasteiger charge is 2.25. The minimum Gasteiger partial charge on any atom is -0.479 e. The molecule has 0 aliphatic carbocycles. The lowest BCUT2D eigenvalue weighted by atomic mass is 10.1. The van der Waals surface area contributed by atoms with Crippen LogP contribution in [0.15, 0.2) is 49.2 Å². The molecule has 0 fully saturated rings. The Morgan fingerprint density at radius 3 is 2.62 bits per heavy atom. The van der Waals surface area contributed by atoms with Crippen molar-refractivity contribution < 1.29 is 19.6 Å². The van der Waals surface area contributed by atoms with Gasteiger partial charge in [0.2, 0.25) is 5.75 Å². The third kappa shape index (κ3) is 5.33. The molecule has 0 aliphatic rings. The van der Waals surface area contributed by atoms with E-state index >= 15 is 0 Å². The lowest BCUT2D eigenvalue weighted by Crippen LogP contribution is -2.25. The number of ether oxygens (including phenoxy) is 1. The summed E-state index contributed by atoms with van der Waals surface area (Å²) >= 11 is 6.57. The van der Waals surface area contributed by atoms with Gasteiger partial charge < -0.3 is 9.84 Å². The molecule has 0 spiro atoms. The normalized spacial score (nSPS) is 13.2. The van der Waals surface area contributed by atoms with Gasteiger partial charge in [0.1, 0.15) is 5.82 Å². The van der Waals surface area contributed by atoms with Gasteiger partial charge >= 0.3 is 11.7 Å². The number of nitro groups is 1. The third-order valence-corrected chi connectivity index (χ3v) is 6.05. The highest BCUT2D eigenvalue weighted by Crippen LogP contribution is 2.34. The molecule has 0 saturated heterocycles. The molecule has 34 heavy (non-hydrogen) atoms. The van der Waals surface area contributed by atoms with Gasteiger partial charge in [0.25, 0.3) is 5.56 Å². The smallest absolute Gasteiger partial charge is 0.344 e. The molecule has 0 aliphatic heterocycles. The standard InChI is InChI=1S/C22H20Br2N4O6/c1-4-11(2)20-26-17-6-5-14(23)8-16(17)21(29)27(20)25-10-13-7-15(24)9-18(28(32)33)19(13)34-12(3)22(30)31/h5-12H,4H2,1-3H3,(H,30,31)/t11-,12-/m1/s1. The number of aliphatic carboxylic acids is 1. The molecule has 1 N–H and O–H groups in total. The molecule has 0 radical (unpaired) electrons. The van der Waals surface area contributed by atoms with E-state index in [9.17, 15) is 24.8 Å². The Labute approximate surface area is 210 Å². The molecule has 0 unspecified atom stereocenters. The summed E-state index contributed by atoms with van der Waals surface area (Å²) in [6, 6.07) is 7.85. The van der Waals surface area contributed by atoms with Gasteiger partial charge in [-0.15, -0.1) is 0 Å². The van der Waals surface area contributed by atoms with Gasteiger partial charge in [-0.25, -0.2) is 9.78 Å². The molecule has 3 aromatic rings. The van der Waals surface area contributed by atoms with Crippen molar-refractivity contribution in [3.05, 3.63) is 71.1 Å². The number of aromatic nitrogens is 2. The number of hydrogen-bond donors (Lipinski definition) is 1. The lowest BCUT2D eigenvalue weighted by molar-refractivity contribution is -0.386. The Kier molecular flexibility index (Phi) is 7.82. The van der Waals surface area contributed by atoms with Crippen LogP contribution in [-0.2, 0) is 4.79 Å². The van der Waals surface area contributed by atoms with Crippen molar-refractivity contribution >= 4 is 60.6 Å². The molecule has 1 heterocycles. The van der Waals surface area contributed by atoms with Gasteiger partial charge in [0.15, 0.2) is 6.10 Å². The van der Waals surface area contributed by atoms with Crippen molar-refractivity contribution in [1.29, 1.82) is 0 Å². The van der Waals surface area contributed by atoms with E-state index in [-0.39, 0.29) is 17.2 Å². The lowest BCUT2D eigenvalue weighted by Gasteiger charge is -2.15. The summed E-state index contributed by atoms with van der Waals surface area (Å²) < 4.78 is 7.60. The number of rotatable bonds is 8. The van der Waals surface area contributed by atoms with Crippen molar-refractivity contribution in [1.82, 2.24) is 9.66 Å². The van der Waals surface area contributed by atoms with E-state index in [0.717, 1.165) is 4.68 Å². The first-order valence-corrected chi connectivity index (χ1v) is 11.8. The predicted octanol–water partition coefficient (Wildman–Crippen LogP) is 5.08. The first-order valence-electron chi connectivity index (χ1n) is 10.2. The van der Waals surface area contributed by atoms with Crippen molar-refractivity contribution in [2.24, 2.45) is 5.10 Å². The summed E-state index contributed by atoms with van der Waals surface area (Å²) in [7, 11) is 0. The SMILES string of the molecule is CC[C@@H](C)c1nc2ccc(Br)cc2c(=O)n1N=Cc1cc(Br)cc([N+](=O)[O-])c1O[C@H](C)C(=O)O. The molecule has 0 amide bonds. The second-order valence-electron chi connectivity index (χ2n) is 7.50. The molecule has 3 rings (SSSR count). The fourth-order valence-electron chi connectivity index (χ4n) is 3.09. The molecule has 0 saturated carbocycles. The number of fused-ring (bicyclic) bond motifs is 1. The monoisotopic (exact) mass is 594 g/mol. The van der Waals surface area contributed by atoms with Crippen LogP contribution in [0, 0.1) is 10.1 Å².